The molecule has 0 amide bonds. The largest absolute Gasteiger partial charge is 0.496 e. The van der Waals surface area contributed by atoms with Crippen molar-refractivity contribution in [1.29, 1.82) is 0 Å². The molecule has 0 aliphatic carbocycles. The van der Waals surface area contributed by atoms with Crippen molar-refractivity contribution in [2.24, 2.45) is 5.73 Å². The fourth-order valence-corrected chi connectivity index (χ4v) is 2.38. The zero-order chi connectivity index (χ0) is 14.1. The molecule has 4 heteroatoms. The highest BCUT2D eigenvalue weighted by molar-refractivity contribution is 5.80. The predicted octanol–water partition coefficient (Wildman–Crippen LogP) is 3.36. The van der Waals surface area contributed by atoms with E-state index in [4.69, 9.17) is 10.5 Å². The molecular weight excluding hydrogens is 255 g/mol. The third kappa shape index (κ3) is 2.14. The minimum absolute atomic E-state index is 0.327. The average Bonchev–Trinajstić information content (AvgIpc) is 2.90. The molecule has 0 aliphatic rings. The van der Waals surface area contributed by atoms with Gasteiger partial charge in [0.2, 0.25) is 0 Å². The fraction of sp³-hybridized carbons (Fsp3) is 0.125. The van der Waals surface area contributed by atoms with Gasteiger partial charge in [-0.2, -0.15) is 0 Å². The standard InChI is InChI=1S/C16H15FN2O/c1-20-15-7-6-11(17)9-12(15)16(18)14-8-10-4-2-3-5-13(10)19-14/h2-9,16,19H,18H2,1H3/t16-/m0/s1. The van der Waals surface area contributed by atoms with E-state index >= 15 is 0 Å². The van der Waals surface area contributed by atoms with Crippen molar-refractivity contribution >= 4 is 10.9 Å². The molecule has 0 saturated heterocycles. The van der Waals surface area contributed by atoms with Crippen molar-refractivity contribution in [2.75, 3.05) is 7.11 Å². The first-order valence-corrected chi connectivity index (χ1v) is 6.35. The Labute approximate surface area is 116 Å². The first kappa shape index (κ1) is 12.7. The van der Waals surface area contributed by atoms with E-state index in [0.29, 0.717) is 11.3 Å². The molecule has 20 heavy (non-hydrogen) atoms. The predicted molar refractivity (Wildman–Crippen MR) is 77.3 cm³/mol. The molecule has 3 aromatic rings. The second-order valence-electron chi connectivity index (χ2n) is 4.68. The van der Waals surface area contributed by atoms with E-state index in [-0.39, 0.29) is 5.82 Å². The molecule has 0 unspecified atom stereocenters. The van der Waals surface area contributed by atoms with Gasteiger partial charge in [0, 0.05) is 16.8 Å². The Morgan fingerprint density at radius 2 is 1.95 bits per heavy atom. The number of hydrogen-bond acceptors (Lipinski definition) is 2. The van der Waals surface area contributed by atoms with Crippen molar-refractivity contribution in [2.45, 2.75) is 6.04 Å². The van der Waals surface area contributed by atoms with Crippen LogP contribution < -0.4 is 10.5 Å². The summed E-state index contributed by atoms with van der Waals surface area (Å²) in [6.07, 6.45) is 0. The van der Waals surface area contributed by atoms with Crippen LogP contribution in [0.2, 0.25) is 0 Å². The number of nitrogens with one attached hydrogen (secondary N) is 1. The lowest BCUT2D eigenvalue weighted by Gasteiger charge is -2.14. The molecular formula is C16H15FN2O. The lowest BCUT2D eigenvalue weighted by molar-refractivity contribution is 0.406. The second-order valence-corrected chi connectivity index (χ2v) is 4.68. The molecule has 0 saturated carbocycles. The van der Waals surface area contributed by atoms with E-state index < -0.39 is 6.04 Å². The number of rotatable bonds is 3. The molecule has 3 nitrogen and oxygen atoms in total. The minimum atomic E-state index is -0.465. The van der Waals surface area contributed by atoms with E-state index in [1.54, 1.807) is 13.2 Å². The highest BCUT2D eigenvalue weighted by atomic mass is 19.1. The Bertz CT molecular complexity index is 718. The molecule has 1 atom stereocenters. The summed E-state index contributed by atoms with van der Waals surface area (Å²) in [5.41, 5.74) is 8.71. The van der Waals surface area contributed by atoms with Gasteiger partial charge in [0.25, 0.3) is 0 Å². The SMILES string of the molecule is COc1ccc(F)cc1[C@H](N)c1cc2ccccc2[nH]1. The van der Waals surface area contributed by atoms with E-state index in [1.807, 2.05) is 30.3 Å². The maximum Gasteiger partial charge on any atom is 0.124 e. The smallest absolute Gasteiger partial charge is 0.124 e. The average molecular weight is 270 g/mol. The van der Waals surface area contributed by atoms with Crippen LogP contribution in [0, 0.1) is 5.82 Å². The summed E-state index contributed by atoms with van der Waals surface area (Å²) in [4.78, 5) is 3.26. The van der Waals surface area contributed by atoms with Crippen LogP contribution in [0.4, 0.5) is 4.39 Å². The molecule has 3 N–H and O–H groups in total. The molecule has 1 aromatic heterocycles. The Kier molecular flexibility index (Phi) is 3.16. The zero-order valence-electron chi connectivity index (χ0n) is 11.1. The number of halogens is 1. The lowest BCUT2D eigenvalue weighted by atomic mass is 10.0. The molecule has 0 bridgehead atoms. The molecule has 102 valence electrons. The number of fused-ring (bicyclic) bond motifs is 1. The van der Waals surface area contributed by atoms with Crippen LogP contribution in [-0.4, -0.2) is 12.1 Å². The molecule has 1 heterocycles. The van der Waals surface area contributed by atoms with E-state index in [2.05, 4.69) is 4.98 Å². The topological polar surface area (TPSA) is 51.0 Å². The van der Waals surface area contributed by atoms with Crippen molar-refractivity contribution in [3.8, 4) is 5.75 Å². The maximum absolute atomic E-state index is 13.4. The summed E-state index contributed by atoms with van der Waals surface area (Å²) in [7, 11) is 1.55. The number of aromatic nitrogens is 1. The number of H-pyrrole nitrogens is 1. The monoisotopic (exact) mass is 270 g/mol. The fourth-order valence-electron chi connectivity index (χ4n) is 2.38. The number of methoxy groups -OCH3 is 1. The molecule has 0 radical (unpaired) electrons. The summed E-state index contributed by atoms with van der Waals surface area (Å²) < 4.78 is 18.7. The minimum Gasteiger partial charge on any atom is -0.496 e. The summed E-state index contributed by atoms with van der Waals surface area (Å²) in [6.45, 7) is 0. The van der Waals surface area contributed by atoms with Gasteiger partial charge in [-0.3, -0.25) is 0 Å². The Balaban J connectivity index is 2.07. The van der Waals surface area contributed by atoms with Crippen LogP contribution in [0.5, 0.6) is 5.75 Å². The Hall–Kier alpha value is -2.33. The van der Waals surface area contributed by atoms with Crippen molar-refractivity contribution in [3.05, 3.63) is 65.6 Å². The summed E-state index contributed by atoms with van der Waals surface area (Å²) >= 11 is 0. The van der Waals surface area contributed by atoms with Gasteiger partial charge in [-0.05, 0) is 35.7 Å². The van der Waals surface area contributed by atoms with Gasteiger partial charge < -0.3 is 15.5 Å². The number of ether oxygens (including phenoxy) is 1. The van der Waals surface area contributed by atoms with Crippen LogP contribution in [0.15, 0.2) is 48.5 Å². The van der Waals surface area contributed by atoms with Crippen LogP contribution in [-0.2, 0) is 0 Å². The normalized spacial score (nSPS) is 12.6. The van der Waals surface area contributed by atoms with Gasteiger partial charge in [-0.15, -0.1) is 0 Å². The first-order chi connectivity index (χ1) is 9.69. The summed E-state index contributed by atoms with van der Waals surface area (Å²) in [5.74, 6) is 0.255. The number of hydrogen-bond donors (Lipinski definition) is 2. The molecule has 3 rings (SSSR count). The number of para-hydroxylation sites is 1. The van der Waals surface area contributed by atoms with E-state index in [9.17, 15) is 4.39 Å². The van der Waals surface area contributed by atoms with E-state index in [0.717, 1.165) is 16.6 Å². The third-order valence-corrected chi connectivity index (χ3v) is 3.41. The molecule has 0 aliphatic heterocycles. The third-order valence-electron chi connectivity index (χ3n) is 3.41. The van der Waals surface area contributed by atoms with Gasteiger partial charge in [0.1, 0.15) is 11.6 Å². The van der Waals surface area contributed by atoms with Crippen molar-refractivity contribution < 1.29 is 9.13 Å². The highest BCUT2D eigenvalue weighted by Crippen LogP contribution is 2.30. The molecule has 2 aromatic carbocycles. The second kappa shape index (κ2) is 4.98. The van der Waals surface area contributed by atoms with Gasteiger partial charge >= 0.3 is 0 Å². The van der Waals surface area contributed by atoms with Crippen LogP contribution in [0.1, 0.15) is 17.3 Å². The number of nitrogens with two attached hydrogens (primary N) is 1. The van der Waals surface area contributed by atoms with Gasteiger partial charge in [-0.1, -0.05) is 18.2 Å². The van der Waals surface area contributed by atoms with Crippen LogP contribution in [0.3, 0.4) is 0 Å². The quantitative estimate of drug-likeness (QED) is 0.766. The van der Waals surface area contributed by atoms with Crippen molar-refractivity contribution in [3.63, 3.8) is 0 Å². The molecule has 0 fully saturated rings. The van der Waals surface area contributed by atoms with Crippen molar-refractivity contribution in [1.82, 2.24) is 4.98 Å². The van der Waals surface area contributed by atoms with Crippen LogP contribution >= 0.6 is 0 Å². The van der Waals surface area contributed by atoms with Gasteiger partial charge in [0.05, 0.1) is 13.2 Å². The Morgan fingerprint density at radius 1 is 1.15 bits per heavy atom. The first-order valence-electron chi connectivity index (χ1n) is 6.35. The number of benzene rings is 2. The number of aromatic amines is 1. The van der Waals surface area contributed by atoms with E-state index in [1.165, 1.54) is 12.1 Å². The summed E-state index contributed by atoms with van der Waals surface area (Å²) in [6, 6.07) is 13.8. The zero-order valence-corrected chi connectivity index (χ0v) is 11.1. The highest BCUT2D eigenvalue weighted by Gasteiger charge is 2.17. The molecule has 0 spiro atoms. The maximum atomic E-state index is 13.4. The van der Waals surface area contributed by atoms with Crippen LogP contribution in [0.25, 0.3) is 10.9 Å². The lowest BCUT2D eigenvalue weighted by Crippen LogP contribution is -2.13. The Morgan fingerprint density at radius 3 is 2.70 bits per heavy atom. The summed E-state index contributed by atoms with van der Waals surface area (Å²) in [5, 5.41) is 1.08. The van der Waals surface area contributed by atoms with Gasteiger partial charge in [0.15, 0.2) is 0 Å². The van der Waals surface area contributed by atoms with Gasteiger partial charge in [-0.25, -0.2) is 4.39 Å².